The first-order valence-electron chi connectivity index (χ1n) is 6.06. The van der Waals surface area contributed by atoms with Gasteiger partial charge >= 0.3 is 0 Å². The van der Waals surface area contributed by atoms with Gasteiger partial charge in [-0.3, -0.25) is 0 Å². The predicted molar refractivity (Wildman–Crippen MR) is 68.4 cm³/mol. The van der Waals surface area contributed by atoms with Gasteiger partial charge < -0.3 is 10.5 Å². The molecule has 0 aliphatic heterocycles. The highest BCUT2D eigenvalue weighted by molar-refractivity contribution is 5.16. The van der Waals surface area contributed by atoms with E-state index in [0.29, 0.717) is 6.61 Å². The van der Waals surface area contributed by atoms with Crippen LogP contribution in [0.5, 0.6) is 0 Å². The highest BCUT2D eigenvalue weighted by atomic mass is 16.5. The number of benzene rings is 1. The van der Waals surface area contributed by atoms with Crippen molar-refractivity contribution in [3.05, 3.63) is 35.9 Å². The number of hydrogen-bond donors (Lipinski definition) is 1. The van der Waals surface area contributed by atoms with E-state index in [4.69, 9.17) is 10.5 Å². The Kier molecular flexibility index (Phi) is 4.97. The van der Waals surface area contributed by atoms with E-state index >= 15 is 0 Å². The van der Waals surface area contributed by atoms with Crippen molar-refractivity contribution < 1.29 is 4.74 Å². The molecule has 1 rings (SSSR count). The Balaban J connectivity index is 2.66. The van der Waals surface area contributed by atoms with Gasteiger partial charge in [-0.2, -0.15) is 0 Å². The molecule has 0 aliphatic rings. The summed E-state index contributed by atoms with van der Waals surface area (Å²) in [6.07, 6.45) is 1.81. The molecule has 0 aliphatic carbocycles. The smallest absolute Gasteiger partial charge is 0.0805 e. The van der Waals surface area contributed by atoms with Crippen LogP contribution in [-0.4, -0.2) is 18.2 Å². The molecule has 0 saturated carbocycles. The highest BCUT2D eigenvalue weighted by Gasteiger charge is 2.30. The van der Waals surface area contributed by atoms with Crippen LogP contribution in [0, 0.1) is 0 Å². The van der Waals surface area contributed by atoms with E-state index in [-0.39, 0.29) is 11.6 Å². The maximum Gasteiger partial charge on any atom is 0.0805 e. The third-order valence-corrected chi connectivity index (χ3v) is 3.26. The largest absolute Gasteiger partial charge is 0.374 e. The summed E-state index contributed by atoms with van der Waals surface area (Å²) in [4.78, 5) is 0. The average Bonchev–Trinajstić information content (AvgIpc) is 2.30. The Labute approximate surface area is 98.8 Å². The van der Waals surface area contributed by atoms with Crippen LogP contribution < -0.4 is 5.73 Å². The fourth-order valence-electron chi connectivity index (χ4n) is 1.88. The van der Waals surface area contributed by atoms with Gasteiger partial charge in [-0.25, -0.2) is 0 Å². The van der Waals surface area contributed by atoms with E-state index in [0.717, 1.165) is 12.8 Å². The van der Waals surface area contributed by atoms with Crippen molar-refractivity contribution in [1.29, 1.82) is 0 Å². The van der Waals surface area contributed by atoms with E-state index in [1.165, 1.54) is 5.56 Å². The summed E-state index contributed by atoms with van der Waals surface area (Å²) in [5, 5.41) is 0. The highest BCUT2D eigenvalue weighted by Crippen LogP contribution is 2.21. The molecule has 1 aromatic rings. The Bertz CT molecular complexity index is 299. The van der Waals surface area contributed by atoms with Gasteiger partial charge in [0.15, 0.2) is 0 Å². The second-order valence-electron chi connectivity index (χ2n) is 4.40. The zero-order chi connectivity index (χ0) is 12.0. The number of hydrogen-bond acceptors (Lipinski definition) is 2. The van der Waals surface area contributed by atoms with Crippen LogP contribution >= 0.6 is 0 Å². The normalized spacial score (nSPS) is 16.8. The fourth-order valence-corrected chi connectivity index (χ4v) is 1.88. The quantitative estimate of drug-likeness (QED) is 0.801. The topological polar surface area (TPSA) is 35.2 Å². The monoisotopic (exact) mass is 221 g/mol. The molecule has 1 aromatic carbocycles. The van der Waals surface area contributed by atoms with Gasteiger partial charge in [0, 0.05) is 12.6 Å². The Morgan fingerprint density at radius 2 is 1.88 bits per heavy atom. The lowest BCUT2D eigenvalue weighted by atomic mass is 9.89. The van der Waals surface area contributed by atoms with E-state index in [2.05, 4.69) is 26.0 Å². The van der Waals surface area contributed by atoms with Crippen LogP contribution in [-0.2, 0) is 11.2 Å². The number of nitrogens with two attached hydrogens (primary N) is 1. The minimum Gasteiger partial charge on any atom is -0.374 e. The van der Waals surface area contributed by atoms with E-state index in [1.54, 1.807) is 0 Å². The Morgan fingerprint density at radius 1 is 1.25 bits per heavy atom. The zero-order valence-electron chi connectivity index (χ0n) is 10.6. The molecule has 16 heavy (non-hydrogen) atoms. The molecule has 0 fully saturated rings. The molecular formula is C14H23NO. The van der Waals surface area contributed by atoms with Gasteiger partial charge in [0.2, 0.25) is 0 Å². The van der Waals surface area contributed by atoms with Crippen molar-refractivity contribution in [2.75, 3.05) is 6.61 Å². The first kappa shape index (κ1) is 13.2. The van der Waals surface area contributed by atoms with Crippen molar-refractivity contribution >= 4 is 0 Å². The Hall–Kier alpha value is -0.860. The molecule has 0 spiro atoms. The second kappa shape index (κ2) is 6.02. The maximum atomic E-state index is 6.26. The average molecular weight is 221 g/mol. The molecule has 0 amide bonds. The van der Waals surface area contributed by atoms with Crippen LogP contribution in [0.4, 0.5) is 0 Å². The standard InChI is InChI=1S/C14H23NO/c1-4-14(3,16-5-2)13(15)11-12-9-7-6-8-10-12/h6-10,13H,4-5,11,15H2,1-3H3. The third-order valence-electron chi connectivity index (χ3n) is 3.26. The minimum atomic E-state index is -0.218. The van der Waals surface area contributed by atoms with Crippen LogP contribution in [0.1, 0.15) is 32.8 Å². The van der Waals surface area contributed by atoms with Gasteiger partial charge in [-0.15, -0.1) is 0 Å². The first-order chi connectivity index (χ1) is 7.62. The van der Waals surface area contributed by atoms with Crippen LogP contribution in [0.15, 0.2) is 30.3 Å². The number of ether oxygens (including phenoxy) is 1. The van der Waals surface area contributed by atoms with E-state index in [1.807, 2.05) is 25.1 Å². The summed E-state index contributed by atoms with van der Waals surface area (Å²) in [6, 6.07) is 10.4. The molecule has 0 aromatic heterocycles. The van der Waals surface area contributed by atoms with Gasteiger partial charge in [-0.1, -0.05) is 37.3 Å². The van der Waals surface area contributed by atoms with E-state index in [9.17, 15) is 0 Å². The first-order valence-corrected chi connectivity index (χ1v) is 6.06. The van der Waals surface area contributed by atoms with Crippen molar-refractivity contribution in [2.45, 2.75) is 45.3 Å². The molecule has 90 valence electrons. The van der Waals surface area contributed by atoms with Crippen molar-refractivity contribution in [3.8, 4) is 0 Å². The molecule has 0 heterocycles. The van der Waals surface area contributed by atoms with Gasteiger partial charge in [0.05, 0.1) is 5.60 Å². The third kappa shape index (κ3) is 3.32. The lowest BCUT2D eigenvalue weighted by molar-refractivity contribution is -0.0461. The molecule has 2 N–H and O–H groups in total. The molecule has 0 bridgehead atoms. The van der Waals surface area contributed by atoms with Crippen molar-refractivity contribution in [1.82, 2.24) is 0 Å². The van der Waals surface area contributed by atoms with Crippen molar-refractivity contribution in [3.63, 3.8) is 0 Å². The summed E-state index contributed by atoms with van der Waals surface area (Å²) in [5.41, 5.74) is 7.31. The van der Waals surface area contributed by atoms with Crippen LogP contribution in [0.25, 0.3) is 0 Å². The molecule has 2 unspecified atom stereocenters. The van der Waals surface area contributed by atoms with Crippen molar-refractivity contribution in [2.24, 2.45) is 5.73 Å². The lowest BCUT2D eigenvalue weighted by Gasteiger charge is -2.34. The summed E-state index contributed by atoms with van der Waals surface area (Å²) in [6.45, 7) is 6.96. The van der Waals surface area contributed by atoms with E-state index < -0.39 is 0 Å². The van der Waals surface area contributed by atoms with Crippen LogP contribution in [0.3, 0.4) is 0 Å². The maximum absolute atomic E-state index is 6.26. The summed E-state index contributed by atoms with van der Waals surface area (Å²) in [7, 11) is 0. The molecule has 2 atom stereocenters. The van der Waals surface area contributed by atoms with Gasteiger partial charge in [0.1, 0.15) is 0 Å². The SMILES string of the molecule is CCOC(C)(CC)C(N)Cc1ccccc1. The molecule has 2 heteroatoms. The fraction of sp³-hybridized carbons (Fsp3) is 0.571. The zero-order valence-corrected chi connectivity index (χ0v) is 10.6. The minimum absolute atomic E-state index is 0.0415. The van der Waals surface area contributed by atoms with Gasteiger partial charge in [0.25, 0.3) is 0 Å². The molecular weight excluding hydrogens is 198 g/mol. The Morgan fingerprint density at radius 3 is 2.38 bits per heavy atom. The summed E-state index contributed by atoms with van der Waals surface area (Å²) < 4.78 is 5.79. The molecule has 0 radical (unpaired) electrons. The predicted octanol–water partition coefficient (Wildman–Crippen LogP) is 2.76. The van der Waals surface area contributed by atoms with Crippen LogP contribution in [0.2, 0.25) is 0 Å². The second-order valence-corrected chi connectivity index (χ2v) is 4.40. The summed E-state index contributed by atoms with van der Waals surface area (Å²) in [5.74, 6) is 0. The summed E-state index contributed by atoms with van der Waals surface area (Å²) >= 11 is 0. The van der Waals surface area contributed by atoms with Gasteiger partial charge in [-0.05, 0) is 32.3 Å². The lowest BCUT2D eigenvalue weighted by Crippen LogP contribution is -2.48. The molecule has 2 nitrogen and oxygen atoms in total. The molecule has 0 saturated heterocycles. The number of rotatable bonds is 6.